The van der Waals surface area contributed by atoms with Gasteiger partial charge >= 0.3 is 0 Å². The van der Waals surface area contributed by atoms with E-state index in [0.717, 1.165) is 34.7 Å². The number of fused-ring (bicyclic) bond motifs is 1. The van der Waals surface area contributed by atoms with Gasteiger partial charge in [-0.3, -0.25) is 9.59 Å². The molecule has 4 rings (SSSR count). The van der Waals surface area contributed by atoms with Crippen molar-refractivity contribution in [1.29, 1.82) is 0 Å². The van der Waals surface area contributed by atoms with Crippen LogP contribution in [-0.4, -0.2) is 34.5 Å². The molecule has 0 aliphatic heterocycles. The number of pyridine rings is 1. The second-order valence-corrected chi connectivity index (χ2v) is 8.70. The number of benzene rings is 1. The van der Waals surface area contributed by atoms with Gasteiger partial charge in [0.25, 0.3) is 23.5 Å². The topological polar surface area (TPSA) is 78.2 Å². The third-order valence-electron chi connectivity index (χ3n) is 6.30. The van der Waals surface area contributed by atoms with E-state index < -0.39 is 53.0 Å². The van der Waals surface area contributed by atoms with Crippen LogP contribution in [0.1, 0.15) is 36.9 Å². The van der Waals surface area contributed by atoms with Gasteiger partial charge in [0.1, 0.15) is 18.0 Å². The van der Waals surface area contributed by atoms with Crippen molar-refractivity contribution in [1.82, 2.24) is 14.3 Å². The lowest BCUT2D eigenvalue weighted by Gasteiger charge is -2.22. The molecule has 1 aliphatic rings. The monoisotopic (exact) mass is 498 g/mol. The number of ether oxygens (including phenoxy) is 1. The molecule has 0 unspecified atom stereocenters. The van der Waals surface area contributed by atoms with Gasteiger partial charge < -0.3 is 14.6 Å². The largest absolute Gasteiger partial charge is 0.378 e. The van der Waals surface area contributed by atoms with Gasteiger partial charge in [-0.2, -0.15) is 13.9 Å². The van der Waals surface area contributed by atoms with Crippen molar-refractivity contribution in [3.63, 3.8) is 0 Å². The summed E-state index contributed by atoms with van der Waals surface area (Å²) in [7, 11) is 2.41. The van der Waals surface area contributed by atoms with Crippen LogP contribution in [0.5, 0.6) is 0 Å². The van der Waals surface area contributed by atoms with E-state index in [1.165, 1.54) is 26.1 Å². The molecular weight excluding hydrogens is 475 g/mol. The van der Waals surface area contributed by atoms with Crippen molar-refractivity contribution in [2.24, 2.45) is 7.05 Å². The predicted molar refractivity (Wildman–Crippen MR) is 119 cm³/mol. The molecule has 0 spiro atoms. The van der Waals surface area contributed by atoms with Crippen molar-refractivity contribution in [3.05, 3.63) is 68.1 Å². The highest BCUT2D eigenvalue weighted by atomic mass is 19.3. The average molecular weight is 498 g/mol. The summed E-state index contributed by atoms with van der Waals surface area (Å²) in [4.78, 5) is 25.2. The molecule has 2 heterocycles. The SMILES string of the molecule is COCC(F)(F)c1cccc([C@H](C)Nc2nn(C)c(=O)c3cc(=O)n(C4(C(F)F)CC4)cc23)c1F. The van der Waals surface area contributed by atoms with Crippen molar-refractivity contribution in [2.45, 2.75) is 43.7 Å². The van der Waals surface area contributed by atoms with Crippen LogP contribution in [0.25, 0.3) is 10.8 Å². The molecule has 1 N–H and O–H groups in total. The summed E-state index contributed by atoms with van der Waals surface area (Å²) in [5, 5.41) is 7.00. The Labute approximate surface area is 196 Å². The molecule has 1 fully saturated rings. The second kappa shape index (κ2) is 8.74. The maximum atomic E-state index is 15.1. The summed E-state index contributed by atoms with van der Waals surface area (Å²) >= 11 is 0. The third-order valence-corrected chi connectivity index (χ3v) is 6.30. The molecule has 1 saturated carbocycles. The third kappa shape index (κ3) is 4.19. The highest BCUT2D eigenvalue weighted by Crippen LogP contribution is 2.48. The first-order chi connectivity index (χ1) is 16.4. The van der Waals surface area contributed by atoms with Crippen LogP contribution in [0.2, 0.25) is 0 Å². The van der Waals surface area contributed by atoms with Gasteiger partial charge in [-0.1, -0.05) is 12.1 Å². The number of nitrogens with one attached hydrogen (secondary N) is 1. The van der Waals surface area contributed by atoms with E-state index in [1.54, 1.807) is 0 Å². The Morgan fingerprint density at radius 3 is 2.51 bits per heavy atom. The van der Waals surface area contributed by atoms with Gasteiger partial charge in [-0.05, 0) is 25.8 Å². The molecule has 12 heteroatoms. The minimum Gasteiger partial charge on any atom is -0.378 e. The summed E-state index contributed by atoms with van der Waals surface area (Å²) in [6.45, 7) is 0.485. The normalized spacial score (nSPS) is 16.0. The Kier molecular flexibility index (Phi) is 6.20. The predicted octanol–water partition coefficient (Wildman–Crippen LogP) is 3.90. The summed E-state index contributed by atoms with van der Waals surface area (Å²) in [6, 6.07) is 3.60. The van der Waals surface area contributed by atoms with E-state index in [2.05, 4.69) is 15.2 Å². The number of rotatable bonds is 8. The van der Waals surface area contributed by atoms with Crippen LogP contribution < -0.4 is 16.4 Å². The number of hydrogen-bond donors (Lipinski definition) is 1. The molecule has 1 aliphatic carbocycles. The molecule has 35 heavy (non-hydrogen) atoms. The van der Waals surface area contributed by atoms with Crippen molar-refractivity contribution < 1.29 is 26.7 Å². The highest BCUT2D eigenvalue weighted by molar-refractivity contribution is 5.90. The molecule has 3 aromatic rings. The fourth-order valence-electron chi connectivity index (χ4n) is 4.18. The van der Waals surface area contributed by atoms with E-state index in [9.17, 15) is 27.2 Å². The fourth-order valence-corrected chi connectivity index (χ4v) is 4.18. The van der Waals surface area contributed by atoms with Crippen LogP contribution in [0.15, 0.2) is 40.1 Å². The van der Waals surface area contributed by atoms with Gasteiger partial charge in [0.15, 0.2) is 5.82 Å². The zero-order chi connectivity index (χ0) is 25.7. The summed E-state index contributed by atoms with van der Waals surface area (Å²) in [5.74, 6) is -4.71. The van der Waals surface area contributed by atoms with Gasteiger partial charge in [0.2, 0.25) is 0 Å². The molecule has 0 saturated heterocycles. The molecule has 2 aromatic heterocycles. The molecule has 0 bridgehead atoms. The number of aromatic nitrogens is 3. The maximum absolute atomic E-state index is 15.1. The van der Waals surface area contributed by atoms with E-state index in [1.807, 2.05) is 0 Å². The van der Waals surface area contributed by atoms with Crippen LogP contribution in [-0.2, 0) is 23.2 Å². The zero-order valence-electron chi connectivity index (χ0n) is 19.1. The van der Waals surface area contributed by atoms with Crippen LogP contribution >= 0.6 is 0 Å². The first-order valence-electron chi connectivity index (χ1n) is 10.8. The molecule has 7 nitrogen and oxygen atoms in total. The molecule has 0 amide bonds. The number of aryl methyl sites for hydroxylation is 1. The van der Waals surface area contributed by atoms with Gasteiger partial charge in [0.05, 0.1) is 17.0 Å². The lowest BCUT2D eigenvalue weighted by Crippen LogP contribution is -2.36. The van der Waals surface area contributed by atoms with Gasteiger partial charge in [0, 0.05) is 37.4 Å². The Hall–Kier alpha value is -3.28. The van der Waals surface area contributed by atoms with E-state index in [4.69, 9.17) is 0 Å². The van der Waals surface area contributed by atoms with Crippen LogP contribution in [0.3, 0.4) is 0 Å². The second-order valence-electron chi connectivity index (χ2n) is 8.70. The summed E-state index contributed by atoms with van der Waals surface area (Å²) in [6.07, 6.45) is -1.44. The van der Waals surface area contributed by atoms with Gasteiger partial charge in [-0.15, -0.1) is 0 Å². The number of alkyl halides is 4. The van der Waals surface area contributed by atoms with Gasteiger partial charge in [-0.25, -0.2) is 17.9 Å². The molecule has 188 valence electrons. The zero-order valence-corrected chi connectivity index (χ0v) is 19.1. The van der Waals surface area contributed by atoms with E-state index >= 15 is 4.39 Å². The van der Waals surface area contributed by atoms with Crippen molar-refractivity contribution in [2.75, 3.05) is 19.0 Å². The van der Waals surface area contributed by atoms with Crippen LogP contribution in [0, 0.1) is 5.82 Å². The standard InChI is InChI=1S/C23H23F5N4O3/c1-12(13-5-4-6-16(18(13)24)23(27,28)11-35-3)29-19-15-10-32(22(7-8-22)21(25)26)17(33)9-14(15)20(34)31(2)30-19/h4-6,9-10,12,21H,7-8,11H2,1-3H3,(H,29,30)/t12-/m0/s1. The Bertz CT molecular complexity index is 1400. The minimum absolute atomic E-state index is 0.00173. The fraction of sp³-hybridized carbons (Fsp3) is 0.435. The number of halogens is 5. The molecule has 0 radical (unpaired) electrons. The number of nitrogens with zero attached hydrogens (tertiary/aromatic N) is 3. The quantitative estimate of drug-likeness (QED) is 0.477. The molecular formula is C23H23F5N4O3. The summed E-state index contributed by atoms with van der Waals surface area (Å²) < 4.78 is 77.5. The highest BCUT2D eigenvalue weighted by Gasteiger charge is 2.53. The van der Waals surface area contributed by atoms with Crippen molar-refractivity contribution in [3.8, 4) is 0 Å². The number of anilines is 1. The Balaban J connectivity index is 1.81. The lowest BCUT2D eigenvalue weighted by atomic mass is 10.00. The van der Waals surface area contributed by atoms with Crippen molar-refractivity contribution >= 4 is 16.6 Å². The van der Waals surface area contributed by atoms with Crippen LogP contribution in [0.4, 0.5) is 27.8 Å². The molecule has 1 atom stereocenters. The average Bonchev–Trinajstić information content (AvgIpc) is 3.59. The first-order valence-corrected chi connectivity index (χ1v) is 10.8. The maximum Gasteiger partial charge on any atom is 0.298 e. The number of hydrogen-bond acceptors (Lipinski definition) is 5. The Morgan fingerprint density at radius 1 is 1.23 bits per heavy atom. The summed E-state index contributed by atoms with van der Waals surface area (Å²) in [5.41, 5.74) is -3.98. The lowest BCUT2D eigenvalue weighted by molar-refractivity contribution is -0.0722. The van der Waals surface area contributed by atoms with E-state index in [0.29, 0.717) is 0 Å². The van der Waals surface area contributed by atoms with E-state index in [-0.39, 0.29) is 35.0 Å². The Morgan fingerprint density at radius 2 is 1.91 bits per heavy atom. The smallest absolute Gasteiger partial charge is 0.298 e. The minimum atomic E-state index is -3.57. The first kappa shape index (κ1) is 24.8. The molecule has 1 aromatic carbocycles. The number of methoxy groups -OCH3 is 1.